The lowest BCUT2D eigenvalue weighted by Gasteiger charge is -2.36. The highest BCUT2D eigenvalue weighted by Crippen LogP contribution is 2.22. The number of carbonyl (C=O) groups excluding carboxylic acids is 2. The molecule has 0 aliphatic carbocycles. The van der Waals surface area contributed by atoms with Gasteiger partial charge in [0.1, 0.15) is 0 Å². The van der Waals surface area contributed by atoms with Crippen molar-refractivity contribution in [1.82, 2.24) is 15.1 Å². The minimum Gasteiger partial charge on any atom is -0.309 e. The molecule has 2 heterocycles. The molecular formula is C16H21N3O2. The summed E-state index contributed by atoms with van der Waals surface area (Å²) in [6, 6.07) is 7.93. The predicted octanol–water partition coefficient (Wildman–Crippen LogP) is 0.965. The number of carbonyl (C=O) groups is 2. The maximum atomic E-state index is 12.3. The van der Waals surface area contributed by atoms with Gasteiger partial charge in [-0.2, -0.15) is 0 Å². The van der Waals surface area contributed by atoms with Crippen LogP contribution in [0.25, 0.3) is 0 Å². The predicted molar refractivity (Wildman–Crippen MR) is 80.3 cm³/mol. The molecule has 21 heavy (non-hydrogen) atoms. The molecule has 112 valence electrons. The second kappa shape index (κ2) is 5.58. The topological polar surface area (TPSA) is 52.7 Å². The van der Waals surface area contributed by atoms with Crippen LogP contribution >= 0.6 is 0 Å². The first-order chi connectivity index (χ1) is 10.1. The SMILES string of the molecule is CC1CN(CCN2C(=O)c3ccccc3C2=O)CC(C)N1. The van der Waals surface area contributed by atoms with Crippen LogP contribution in [0, 0.1) is 0 Å². The van der Waals surface area contributed by atoms with E-state index in [2.05, 4.69) is 24.1 Å². The first-order valence-electron chi connectivity index (χ1n) is 7.50. The third kappa shape index (κ3) is 2.71. The van der Waals surface area contributed by atoms with Crippen molar-refractivity contribution in [2.75, 3.05) is 26.2 Å². The van der Waals surface area contributed by atoms with Crippen molar-refractivity contribution in [2.24, 2.45) is 0 Å². The van der Waals surface area contributed by atoms with Crippen LogP contribution in [-0.4, -0.2) is 59.9 Å². The lowest BCUT2D eigenvalue weighted by molar-refractivity contribution is 0.0624. The molecule has 0 radical (unpaired) electrons. The molecule has 1 N–H and O–H groups in total. The normalized spacial score (nSPS) is 26.3. The maximum absolute atomic E-state index is 12.3. The van der Waals surface area contributed by atoms with Crippen LogP contribution in [0.3, 0.4) is 0 Å². The Balaban J connectivity index is 1.64. The fourth-order valence-electron chi connectivity index (χ4n) is 3.31. The fraction of sp³-hybridized carbons (Fsp3) is 0.500. The zero-order valence-electron chi connectivity index (χ0n) is 12.5. The second-order valence-electron chi connectivity index (χ2n) is 6.04. The highest BCUT2D eigenvalue weighted by molar-refractivity contribution is 6.21. The third-order valence-electron chi connectivity index (χ3n) is 4.15. The number of imide groups is 1. The van der Waals surface area contributed by atoms with Crippen molar-refractivity contribution < 1.29 is 9.59 Å². The monoisotopic (exact) mass is 287 g/mol. The molecule has 1 saturated heterocycles. The van der Waals surface area contributed by atoms with Gasteiger partial charge in [-0.3, -0.25) is 19.4 Å². The Morgan fingerprint density at radius 2 is 1.52 bits per heavy atom. The van der Waals surface area contributed by atoms with E-state index in [1.807, 2.05) is 0 Å². The number of fused-ring (bicyclic) bond motifs is 1. The Bertz CT molecular complexity index is 527. The van der Waals surface area contributed by atoms with E-state index < -0.39 is 0 Å². The molecule has 1 aromatic rings. The number of hydrogen-bond acceptors (Lipinski definition) is 4. The standard InChI is InChI=1S/C16H21N3O2/c1-11-9-18(10-12(2)17-11)7-8-19-15(20)13-5-3-4-6-14(13)16(19)21/h3-6,11-12,17H,7-10H2,1-2H3. The number of amides is 2. The molecule has 0 bridgehead atoms. The molecule has 2 aliphatic heterocycles. The molecule has 1 aromatic carbocycles. The summed E-state index contributed by atoms with van der Waals surface area (Å²) in [6.45, 7) is 7.42. The summed E-state index contributed by atoms with van der Waals surface area (Å²) in [6.07, 6.45) is 0. The van der Waals surface area contributed by atoms with Crippen molar-refractivity contribution in [3.8, 4) is 0 Å². The molecule has 5 heteroatoms. The molecule has 2 aliphatic rings. The number of benzene rings is 1. The van der Waals surface area contributed by atoms with Crippen LogP contribution in [0.4, 0.5) is 0 Å². The van der Waals surface area contributed by atoms with E-state index in [0.29, 0.717) is 29.8 Å². The molecule has 2 amide bonds. The summed E-state index contributed by atoms with van der Waals surface area (Å²) < 4.78 is 0. The largest absolute Gasteiger partial charge is 0.309 e. The van der Waals surface area contributed by atoms with Gasteiger partial charge in [0.25, 0.3) is 11.8 Å². The van der Waals surface area contributed by atoms with E-state index >= 15 is 0 Å². The number of hydrogen-bond donors (Lipinski definition) is 1. The van der Waals surface area contributed by atoms with Gasteiger partial charge in [-0.25, -0.2) is 0 Å². The van der Waals surface area contributed by atoms with Gasteiger partial charge in [0.15, 0.2) is 0 Å². The molecule has 0 aromatic heterocycles. The molecule has 0 saturated carbocycles. The second-order valence-corrected chi connectivity index (χ2v) is 6.04. The summed E-state index contributed by atoms with van der Waals surface area (Å²) in [4.78, 5) is 28.3. The number of nitrogens with zero attached hydrogens (tertiary/aromatic N) is 2. The van der Waals surface area contributed by atoms with Crippen LogP contribution < -0.4 is 5.32 Å². The van der Waals surface area contributed by atoms with E-state index in [1.54, 1.807) is 24.3 Å². The Labute approximate surface area is 124 Å². The minimum absolute atomic E-state index is 0.160. The Morgan fingerprint density at radius 3 is 2.05 bits per heavy atom. The van der Waals surface area contributed by atoms with Gasteiger partial charge in [0, 0.05) is 38.3 Å². The molecule has 3 rings (SSSR count). The summed E-state index contributed by atoms with van der Waals surface area (Å²) in [5, 5.41) is 3.48. The van der Waals surface area contributed by atoms with Crippen LogP contribution in [0.1, 0.15) is 34.6 Å². The van der Waals surface area contributed by atoms with Gasteiger partial charge in [-0.05, 0) is 26.0 Å². The van der Waals surface area contributed by atoms with Gasteiger partial charge in [-0.15, -0.1) is 0 Å². The lowest BCUT2D eigenvalue weighted by Crippen LogP contribution is -2.55. The first-order valence-corrected chi connectivity index (χ1v) is 7.50. The molecule has 1 fully saturated rings. The number of piperazine rings is 1. The van der Waals surface area contributed by atoms with Gasteiger partial charge in [0.05, 0.1) is 11.1 Å². The summed E-state index contributed by atoms with van der Waals surface area (Å²) in [7, 11) is 0. The van der Waals surface area contributed by atoms with Gasteiger partial charge in [0.2, 0.25) is 0 Å². The highest BCUT2D eigenvalue weighted by Gasteiger charge is 2.35. The van der Waals surface area contributed by atoms with E-state index in [9.17, 15) is 9.59 Å². The number of rotatable bonds is 3. The van der Waals surface area contributed by atoms with E-state index in [4.69, 9.17) is 0 Å². The average molecular weight is 287 g/mol. The van der Waals surface area contributed by atoms with E-state index in [0.717, 1.165) is 19.6 Å². The maximum Gasteiger partial charge on any atom is 0.261 e. The van der Waals surface area contributed by atoms with Gasteiger partial charge in [-0.1, -0.05) is 12.1 Å². The van der Waals surface area contributed by atoms with Crippen LogP contribution in [0.5, 0.6) is 0 Å². The first kappa shape index (κ1) is 14.2. The van der Waals surface area contributed by atoms with Crippen molar-refractivity contribution in [1.29, 1.82) is 0 Å². The molecule has 2 atom stereocenters. The van der Waals surface area contributed by atoms with Crippen molar-refractivity contribution in [3.05, 3.63) is 35.4 Å². The van der Waals surface area contributed by atoms with Crippen LogP contribution in [-0.2, 0) is 0 Å². The zero-order chi connectivity index (χ0) is 15.0. The van der Waals surface area contributed by atoms with Crippen LogP contribution in [0.2, 0.25) is 0 Å². The fourth-order valence-corrected chi connectivity index (χ4v) is 3.31. The summed E-state index contributed by atoms with van der Waals surface area (Å²) in [5.74, 6) is -0.321. The van der Waals surface area contributed by atoms with Gasteiger partial charge < -0.3 is 5.32 Å². The van der Waals surface area contributed by atoms with Crippen molar-refractivity contribution in [2.45, 2.75) is 25.9 Å². The summed E-state index contributed by atoms with van der Waals surface area (Å²) in [5.41, 5.74) is 1.06. The van der Waals surface area contributed by atoms with Crippen LogP contribution in [0.15, 0.2) is 24.3 Å². The minimum atomic E-state index is -0.160. The number of nitrogens with one attached hydrogen (secondary N) is 1. The Hall–Kier alpha value is -1.72. The zero-order valence-corrected chi connectivity index (χ0v) is 12.5. The quantitative estimate of drug-likeness (QED) is 0.842. The molecule has 5 nitrogen and oxygen atoms in total. The Kier molecular flexibility index (Phi) is 3.78. The third-order valence-corrected chi connectivity index (χ3v) is 4.15. The summed E-state index contributed by atoms with van der Waals surface area (Å²) >= 11 is 0. The van der Waals surface area contributed by atoms with Gasteiger partial charge >= 0.3 is 0 Å². The van der Waals surface area contributed by atoms with Crippen molar-refractivity contribution >= 4 is 11.8 Å². The van der Waals surface area contributed by atoms with Crippen molar-refractivity contribution in [3.63, 3.8) is 0 Å². The highest BCUT2D eigenvalue weighted by atomic mass is 16.2. The van der Waals surface area contributed by atoms with E-state index in [1.165, 1.54) is 4.90 Å². The van der Waals surface area contributed by atoms with E-state index in [-0.39, 0.29) is 11.8 Å². The smallest absolute Gasteiger partial charge is 0.261 e. The molecule has 2 unspecified atom stereocenters. The average Bonchev–Trinajstić information content (AvgIpc) is 2.69. The lowest BCUT2D eigenvalue weighted by atomic mass is 10.1. The Morgan fingerprint density at radius 1 is 1.00 bits per heavy atom. The molecular weight excluding hydrogens is 266 g/mol. The molecule has 0 spiro atoms.